The summed E-state index contributed by atoms with van der Waals surface area (Å²) in [7, 11) is -1.63. The number of ether oxygens (including phenoxy) is 1. The zero-order valence-electron chi connectivity index (χ0n) is 12.8. The lowest BCUT2D eigenvalue weighted by molar-refractivity contribution is 0.0173. The molecular formula is C15H24N2O3S. The van der Waals surface area contributed by atoms with E-state index in [4.69, 9.17) is 4.74 Å². The van der Waals surface area contributed by atoms with Crippen LogP contribution in [0.4, 0.5) is 0 Å². The van der Waals surface area contributed by atoms with Gasteiger partial charge in [0.2, 0.25) is 10.0 Å². The molecule has 1 fully saturated rings. The molecule has 1 aliphatic heterocycles. The van der Waals surface area contributed by atoms with Gasteiger partial charge in [0.05, 0.1) is 11.0 Å². The molecule has 1 aliphatic rings. The number of benzene rings is 1. The molecule has 118 valence electrons. The second-order valence-electron chi connectivity index (χ2n) is 5.61. The molecule has 5 nitrogen and oxygen atoms in total. The summed E-state index contributed by atoms with van der Waals surface area (Å²) in [4.78, 5) is 0.321. The number of hydrogen-bond acceptors (Lipinski definition) is 4. The summed E-state index contributed by atoms with van der Waals surface area (Å²) < 4.78 is 33.2. The SMILES string of the molecule is CNC(C)c1cccc(S(=O)(=O)NC2CCOC(C)C2)c1. The summed E-state index contributed by atoms with van der Waals surface area (Å²) in [5.74, 6) is 0. The van der Waals surface area contributed by atoms with Crippen molar-refractivity contribution in [2.45, 2.75) is 49.8 Å². The fourth-order valence-electron chi connectivity index (χ4n) is 2.51. The van der Waals surface area contributed by atoms with Crippen molar-refractivity contribution in [2.24, 2.45) is 0 Å². The highest BCUT2D eigenvalue weighted by Crippen LogP contribution is 2.20. The van der Waals surface area contributed by atoms with Crippen molar-refractivity contribution in [3.8, 4) is 0 Å². The van der Waals surface area contributed by atoms with E-state index in [1.807, 2.05) is 27.0 Å². The predicted molar refractivity (Wildman–Crippen MR) is 82.7 cm³/mol. The predicted octanol–water partition coefficient (Wildman–Crippen LogP) is 1.81. The third kappa shape index (κ3) is 4.26. The summed E-state index contributed by atoms with van der Waals surface area (Å²) in [5, 5.41) is 3.12. The first-order valence-electron chi connectivity index (χ1n) is 7.33. The molecule has 2 N–H and O–H groups in total. The van der Waals surface area contributed by atoms with E-state index >= 15 is 0 Å². The molecule has 1 heterocycles. The third-order valence-electron chi connectivity index (χ3n) is 3.91. The number of nitrogens with one attached hydrogen (secondary N) is 2. The Morgan fingerprint density at radius 3 is 2.81 bits per heavy atom. The van der Waals surface area contributed by atoms with Gasteiger partial charge in [-0.1, -0.05) is 12.1 Å². The average molecular weight is 312 g/mol. The van der Waals surface area contributed by atoms with Gasteiger partial charge in [0.15, 0.2) is 0 Å². The normalized spacial score (nSPS) is 24.7. The van der Waals surface area contributed by atoms with Gasteiger partial charge in [0.1, 0.15) is 0 Å². The quantitative estimate of drug-likeness (QED) is 0.870. The van der Waals surface area contributed by atoms with Crippen LogP contribution >= 0.6 is 0 Å². The summed E-state index contributed by atoms with van der Waals surface area (Å²) in [6.45, 7) is 4.57. The van der Waals surface area contributed by atoms with Gasteiger partial charge in [-0.15, -0.1) is 0 Å². The Morgan fingerprint density at radius 1 is 1.38 bits per heavy atom. The number of hydrogen-bond donors (Lipinski definition) is 2. The Kier molecular flexibility index (Phi) is 5.37. The average Bonchev–Trinajstić information content (AvgIpc) is 2.46. The molecule has 0 bridgehead atoms. The van der Waals surface area contributed by atoms with E-state index in [-0.39, 0.29) is 18.2 Å². The zero-order chi connectivity index (χ0) is 15.5. The van der Waals surface area contributed by atoms with E-state index in [1.165, 1.54) is 0 Å². The molecule has 0 spiro atoms. The van der Waals surface area contributed by atoms with Gasteiger partial charge in [-0.05, 0) is 51.4 Å². The zero-order valence-corrected chi connectivity index (χ0v) is 13.6. The Morgan fingerprint density at radius 2 is 2.14 bits per heavy atom. The standard InChI is InChI=1S/C15H24N2O3S/c1-11-9-14(7-8-20-11)17-21(18,19)15-6-4-5-13(10-15)12(2)16-3/h4-6,10-12,14,16-17H,7-9H2,1-3H3. The van der Waals surface area contributed by atoms with Crippen LogP contribution in [0, 0.1) is 0 Å². The maximum Gasteiger partial charge on any atom is 0.240 e. The summed E-state index contributed by atoms with van der Waals surface area (Å²) >= 11 is 0. The molecule has 1 aromatic rings. The van der Waals surface area contributed by atoms with Crippen molar-refractivity contribution in [3.63, 3.8) is 0 Å². The van der Waals surface area contributed by atoms with Crippen LogP contribution in [-0.2, 0) is 14.8 Å². The molecular weight excluding hydrogens is 288 g/mol. The second kappa shape index (κ2) is 6.87. The van der Waals surface area contributed by atoms with Crippen molar-refractivity contribution in [1.29, 1.82) is 0 Å². The largest absolute Gasteiger partial charge is 0.378 e. The molecule has 0 saturated carbocycles. The molecule has 0 aromatic heterocycles. The van der Waals surface area contributed by atoms with Crippen LogP contribution in [0.25, 0.3) is 0 Å². The third-order valence-corrected chi connectivity index (χ3v) is 5.43. The van der Waals surface area contributed by atoms with E-state index in [9.17, 15) is 8.42 Å². The minimum atomic E-state index is -3.48. The summed E-state index contributed by atoms with van der Waals surface area (Å²) in [5.41, 5.74) is 0.959. The van der Waals surface area contributed by atoms with Crippen LogP contribution in [0.2, 0.25) is 0 Å². The molecule has 3 atom stereocenters. The molecule has 6 heteroatoms. The Hall–Kier alpha value is -0.950. The lowest BCUT2D eigenvalue weighted by atomic mass is 10.1. The van der Waals surface area contributed by atoms with Gasteiger partial charge in [-0.3, -0.25) is 0 Å². The first kappa shape index (κ1) is 16.4. The molecule has 1 saturated heterocycles. The van der Waals surface area contributed by atoms with Crippen LogP contribution in [-0.4, -0.2) is 34.2 Å². The molecule has 2 rings (SSSR count). The van der Waals surface area contributed by atoms with Crippen LogP contribution in [0.5, 0.6) is 0 Å². The fourth-order valence-corrected chi connectivity index (χ4v) is 3.85. The van der Waals surface area contributed by atoms with Crippen LogP contribution < -0.4 is 10.0 Å². The van der Waals surface area contributed by atoms with Crippen molar-refractivity contribution < 1.29 is 13.2 Å². The molecule has 0 aliphatic carbocycles. The number of sulfonamides is 1. The maximum absolute atomic E-state index is 12.5. The van der Waals surface area contributed by atoms with Gasteiger partial charge >= 0.3 is 0 Å². The Labute approximate surface area is 127 Å². The van der Waals surface area contributed by atoms with Gasteiger partial charge in [0.25, 0.3) is 0 Å². The maximum atomic E-state index is 12.5. The lowest BCUT2D eigenvalue weighted by Crippen LogP contribution is -2.41. The smallest absolute Gasteiger partial charge is 0.240 e. The molecule has 3 unspecified atom stereocenters. The van der Waals surface area contributed by atoms with Gasteiger partial charge in [-0.2, -0.15) is 0 Å². The summed E-state index contributed by atoms with van der Waals surface area (Å²) in [6, 6.07) is 7.14. The highest BCUT2D eigenvalue weighted by Gasteiger charge is 2.25. The van der Waals surface area contributed by atoms with Crippen molar-refractivity contribution in [2.75, 3.05) is 13.7 Å². The monoisotopic (exact) mass is 312 g/mol. The van der Waals surface area contributed by atoms with Crippen molar-refractivity contribution >= 4 is 10.0 Å². The first-order chi connectivity index (χ1) is 9.92. The summed E-state index contributed by atoms with van der Waals surface area (Å²) in [6.07, 6.45) is 1.53. The molecule has 21 heavy (non-hydrogen) atoms. The minimum absolute atomic E-state index is 0.0517. The van der Waals surface area contributed by atoms with Gasteiger partial charge in [-0.25, -0.2) is 13.1 Å². The topological polar surface area (TPSA) is 67.4 Å². The molecule has 1 aromatic carbocycles. The highest BCUT2D eigenvalue weighted by atomic mass is 32.2. The van der Waals surface area contributed by atoms with Gasteiger partial charge in [0, 0.05) is 18.7 Å². The highest BCUT2D eigenvalue weighted by molar-refractivity contribution is 7.89. The van der Waals surface area contributed by atoms with E-state index < -0.39 is 10.0 Å². The van der Waals surface area contributed by atoms with Crippen LogP contribution in [0.1, 0.15) is 38.3 Å². The van der Waals surface area contributed by atoms with E-state index in [0.717, 1.165) is 12.0 Å². The van der Waals surface area contributed by atoms with Crippen LogP contribution in [0.3, 0.4) is 0 Å². The van der Waals surface area contributed by atoms with Crippen molar-refractivity contribution in [3.05, 3.63) is 29.8 Å². The number of rotatable bonds is 5. The minimum Gasteiger partial charge on any atom is -0.378 e. The fraction of sp³-hybridized carbons (Fsp3) is 0.600. The molecule has 0 amide bonds. The lowest BCUT2D eigenvalue weighted by Gasteiger charge is -2.27. The Balaban J connectivity index is 2.15. The first-order valence-corrected chi connectivity index (χ1v) is 8.82. The van der Waals surface area contributed by atoms with Crippen molar-refractivity contribution in [1.82, 2.24) is 10.0 Å². The van der Waals surface area contributed by atoms with E-state index in [0.29, 0.717) is 17.9 Å². The van der Waals surface area contributed by atoms with Crippen LogP contribution in [0.15, 0.2) is 29.2 Å². The molecule has 0 radical (unpaired) electrons. The van der Waals surface area contributed by atoms with E-state index in [2.05, 4.69) is 10.0 Å². The second-order valence-corrected chi connectivity index (χ2v) is 7.32. The van der Waals surface area contributed by atoms with E-state index in [1.54, 1.807) is 18.2 Å². The Bertz CT molecular complexity index is 574. The van der Waals surface area contributed by atoms with Gasteiger partial charge < -0.3 is 10.1 Å².